The average Bonchev–Trinajstić information content (AvgIpc) is 1.61. The zero-order valence-electron chi connectivity index (χ0n) is 67.1. The highest BCUT2D eigenvalue weighted by atomic mass is 32.5. The number of nitrogens with zero attached hydrogens (tertiary/aromatic N) is 18. The van der Waals surface area contributed by atoms with E-state index in [4.69, 9.17) is 119 Å². The molecule has 6 bridgehead atoms. The summed E-state index contributed by atoms with van der Waals surface area (Å²) in [6.07, 6.45) is -23.4. The number of anilines is 5. The maximum atomic E-state index is 13.5. The number of rotatable bonds is 6. The quantitative estimate of drug-likeness (QED) is 0.0730. The first-order valence-electron chi connectivity index (χ1n) is 39.2. The van der Waals surface area contributed by atoms with Gasteiger partial charge in [-0.1, -0.05) is 0 Å². The number of ether oxygens (including phenoxy) is 8. The Balaban J connectivity index is 0.000000129. The molecule has 9 fully saturated rings. The Morgan fingerprint density at radius 3 is 1.26 bits per heavy atom. The van der Waals surface area contributed by atoms with Gasteiger partial charge in [0.1, 0.15) is 83.7 Å². The summed E-state index contributed by atoms with van der Waals surface area (Å²) in [6.45, 7) is -6.05. The van der Waals surface area contributed by atoms with Crippen LogP contribution in [0.25, 0.3) is 67.0 Å². The Morgan fingerprint density at radius 2 is 0.774 bits per heavy atom. The van der Waals surface area contributed by atoms with Crippen molar-refractivity contribution in [2.75, 3.05) is 67.3 Å². The van der Waals surface area contributed by atoms with Crippen LogP contribution in [0.4, 0.5) is 29.0 Å². The van der Waals surface area contributed by atoms with Crippen LogP contribution in [0.3, 0.4) is 0 Å². The van der Waals surface area contributed by atoms with E-state index in [1.807, 2.05) is 0 Å². The van der Waals surface area contributed by atoms with Gasteiger partial charge in [0.05, 0.1) is 99.5 Å². The third-order valence-electron chi connectivity index (χ3n) is 22.2. The molecule has 29 atom stereocenters. The number of hydrogen-bond acceptors (Lipinski definition) is 48. The summed E-state index contributed by atoms with van der Waals surface area (Å²) >= 11 is 5.22. The minimum atomic E-state index is -5.06. The molecule has 12 aromatic rings. The zero-order valence-corrected chi connectivity index (χ0v) is 73.3. The number of imidazole rings is 6. The topological polar surface area (TPSA) is 878 Å². The van der Waals surface area contributed by atoms with E-state index in [1.165, 1.54) is 89.8 Å². The lowest BCUT2D eigenvalue weighted by atomic mass is 10.1. The van der Waals surface area contributed by atoms with Crippen molar-refractivity contribution in [1.82, 2.24) is 102 Å². The number of nitrogen functional groups attached to an aromatic ring is 5. The van der Waals surface area contributed by atoms with Crippen LogP contribution in [0.1, 0.15) is 50.2 Å². The maximum absolute atomic E-state index is 13.5. The van der Waals surface area contributed by atoms with Gasteiger partial charge in [-0.15, -0.1) is 0 Å². The van der Waals surface area contributed by atoms with Crippen LogP contribution in [-0.2, 0) is 113 Å². The second-order valence-electron chi connectivity index (χ2n) is 30.9. The minimum absolute atomic E-state index is 0.00165. The summed E-state index contributed by atoms with van der Waals surface area (Å²) < 4.78 is 169. The van der Waals surface area contributed by atoms with E-state index in [-0.39, 0.29) is 80.7 Å². The Kier molecular flexibility index (Phi) is 24.6. The molecule has 12 aromatic heterocycles. The Morgan fingerprint density at radius 1 is 0.383 bits per heavy atom. The normalized spacial score (nSPS) is 37.5. The number of phosphoric acid groups is 2. The first-order chi connectivity index (χ1) is 63.1. The van der Waals surface area contributed by atoms with Crippen LogP contribution in [-0.4, -0.2) is 300 Å². The lowest BCUT2D eigenvalue weighted by Crippen LogP contribution is -2.35. The molecule has 0 amide bonds. The van der Waals surface area contributed by atoms with Gasteiger partial charge < -0.3 is 131 Å². The van der Waals surface area contributed by atoms with Crippen LogP contribution in [0.15, 0.2) is 95.5 Å². The highest BCUT2D eigenvalue weighted by Gasteiger charge is 2.58. The predicted octanol–water partition coefficient (Wildman–Crippen LogP) is -3.19. The summed E-state index contributed by atoms with van der Waals surface area (Å²) in [5.74, 6) is -0.441. The number of phosphoric ester groups is 2. The number of aliphatic hydroxyl groups excluding tert-OH is 5. The molecule has 21 rings (SSSR count). The number of aromatic amines is 3. The second-order valence-corrected chi connectivity index (χ2v) is 41.9. The number of fused-ring (bicyclic) bond motifs is 15. The van der Waals surface area contributed by atoms with Crippen LogP contribution in [0.5, 0.6) is 0 Å². The largest absolute Gasteiger partial charge is 0.472 e. The smallest absolute Gasteiger partial charge is 0.397 e. The molecule has 133 heavy (non-hydrogen) atoms. The van der Waals surface area contributed by atoms with Crippen molar-refractivity contribution in [2.45, 2.75) is 154 Å². The van der Waals surface area contributed by atoms with E-state index < -0.39 is 242 Å². The lowest BCUT2D eigenvalue weighted by Gasteiger charge is -2.27. The molecule has 0 spiro atoms. The fourth-order valence-electron chi connectivity index (χ4n) is 16.2. The van der Waals surface area contributed by atoms with E-state index in [9.17, 15) is 92.1 Å². The molecule has 0 saturated carbocycles. The number of hydrogen-bond donors (Lipinski definition) is 19. The highest BCUT2D eigenvalue weighted by molar-refractivity contribution is 8.07. The number of pyridine rings is 3. The van der Waals surface area contributed by atoms with Gasteiger partial charge in [0.2, 0.25) is 11.9 Å². The molecule has 9 aliphatic heterocycles. The SMILES string of the molecule is Nc1ccnc2c1ncn2[C@@H]1O[C@@H]2OCP(=O)(O)OC3[C@@H](O)[C@@H](COP(=O)(O)O[C@@H]2C1O)O[C@H]3n1cnc2c(=O)[nH]cnc21.Nc1nc2c(ncn2[C@@H]2O[C@@H]3COP(=O)(O)O[C@@H]4C(O)[C@H](n5cnc6c(N)ccnc65)O[C@@H]4OCP(=O)(O)OC2C3)c(=O)[nH]1.Nc1nc2c(ncn2[C@@H]2O[C@@H]3COP(O)(=S)O[C@@H]4C(O)[C@H](n5cnc6c(N)ccnc65)O[C@@H]4CCP(=O)(O)OC2[C@H]3O)c(=O)[nH]1. The van der Waals surface area contributed by atoms with E-state index in [0.717, 1.165) is 12.7 Å². The van der Waals surface area contributed by atoms with Crippen LogP contribution >= 0.6 is 45.2 Å². The molecule has 9 saturated heterocycles. The molecular formula is C64H76N26O36P6S. The molecule has 69 heteroatoms. The molecule has 714 valence electrons. The molecule has 21 heterocycles. The Bertz CT molecular complexity index is 7010. The second kappa shape index (κ2) is 35.3. The van der Waals surface area contributed by atoms with E-state index >= 15 is 0 Å². The van der Waals surface area contributed by atoms with Gasteiger partial charge in [-0.2, -0.15) is 9.97 Å². The Hall–Kier alpha value is -9.41. The third-order valence-corrected chi connectivity index (χ3v) is 29.2. The number of H-pyrrole nitrogens is 3. The summed E-state index contributed by atoms with van der Waals surface area (Å²) in [7, 11) is -24.0. The molecular weight excluding hydrogens is 1930 g/mol. The number of aliphatic hydroxyl groups is 5. The van der Waals surface area contributed by atoms with Gasteiger partial charge in [-0.25, -0.2) is 59.0 Å². The van der Waals surface area contributed by atoms with Crippen molar-refractivity contribution < 1.29 is 156 Å². The molecule has 0 aromatic carbocycles. The van der Waals surface area contributed by atoms with Gasteiger partial charge >= 0.3 is 45.2 Å². The first-order valence-corrected chi connectivity index (χ1v) is 50.1. The zero-order chi connectivity index (χ0) is 93.8. The molecule has 0 radical (unpaired) electrons. The van der Waals surface area contributed by atoms with E-state index in [1.54, 1.807) is 6.07 Å². The van der Waals surface area contributed by atoms with Crippen molar-refractivity contribution in [3.63, 3.8) is 0 Å². The molecule has 62 nitrogen and oxygen atoms in total. The van der Waals surface area contributed by atoms with Gasteiger partial charge in [-0.05, 0) is 36.4 Å². The average molecular weight is 2000 g/mol. The summed E-state index contributed by atoms with van der Waals surface area (Å²) in [5.41, 5.74) is 29.6. The maximum Gasteiger partial charge on any atom is 0.472 e. The van der Waals surface area contributed by atoms with Crippen molar-refractivity contribution in [3.8, 4) is 0 Å². The number of nitrogens with one attached hydrogen (secondary N) is 3. The molecule has 0 aliphatic carbocycles. The summed E-state index contributed by atoms with van der Waals surface area (Å²) in [4.78, 5) is 158. The molecule has 24 N–H and O–H groups in total. The van der Waals surface area contributed by atoms with Crippen molar-refractivity contribution in [3.05, 3.63) is 112 Å². The van der Waals surface area contributed by atoms with Gasteiger partial charge in [0.15, 0.2) is 125 Å². The molecule has 9 aliphatic rings. The summed E-state index contributed by atoms with van der Waals surface area (Å²) in [6, 6.07) is 4.59. The molecule has 12 unspecified atom stereocenters. The van der Waals surface area contributed by atoms with Crippen LogP contribution < -0.4 is 45.3 Å². The van der Waals surface area contributed by atoms with Gasteiger partial charge in [0.25, 0.3) is 16.7 Å². The van der Waals surface area contributed by atoms with Crippen molar-refractivity contribution in [1.29, 1.82) is 0 Å². The fraction of sp³-hybridized carbons (Fsp3) is 0.484. The van der Waals surface area contributed by atoms with E-state index in [2.05, 4.69) is 74.8 Å². The van der Waals surface area contributed by atoms with Crippen LogP contribution in [0.2, 0.25) is 0 Å². The number of aromatic nitrogens is 21. The van der Waals surface area contributed by atoms with Gasteiger partial charge in [0, 0.05) is 25.0 Å². The highest BCUT2D eigenvalue weighted by Crippen LogP contribution is 2.59. The lowest BCUT2D eigenvalue weighted by molar-refractivity contribution is -0.167. The predicted molar refractivity (Wildman–Crippen MR) is 441 cm³/mol. The third kappa shape index (κ3) is 18.0. The van der Waals surface area contributed by atoms with E-state index in [0.29, 0.717) is 28.1 Å². The fourth-order valence-corrected chi connectivity index (χ4v) is 22.8. The standard InChI is InChI=1S/C22H27N9O11P2S.C21H25N9O12P2.C21H24N8O13P2/c23-8-1-3-25-17-11(8)26-6-30(17)20-14(33)15-9(39-20)2-4-43(35,36)41-16-13(32)10(5-38-44(37,45)42-15)40-21(16)31-7-27-12-18(31)28-22(24)29-19(12)34;22-9-1-2-24-15-11(9)25-5-29(15)19-13(31)14-20(40-19)37-7-43(33,34)41-10-3-8(4-38-44(35,36)42-14)39-18(10)30-6-26-12-16(30)27-21(23)28-17(12)32;22-8-1-2-23-16-10(8)26-5-28(16)19-13(31)15-21(40-19)37-7-43(33,34)41-14-12(30)9(3-38-44(35,36)42-15)39-20(14)29-6-27-11-17(29)24-4-25-18(11)32/h1,3,6-7,9-10,13-16,20-21,32-33H,2,4-5H2,(H2,23,25)(H,35,36)(H,37,45)(H3,24,28,29,34);1-2,5-6,8,10,13-14,18-20,31H,3-4,7H2,(H2,22,24)(H,33,34)(H,35,36)(H3,23,27,28,32);1-2,4-6,9,12-15,19-21,30-31H,3,7H2,(H2,22,23)(H,33,34)(H,35,36)(H,24,25,32)/t9-,10-,13+,14?,15+,16?,20-,21-,44?;8-,10?,13?,14+,18+,19+,20-;9-,12+,13?,14?,15-,19-,20-,21+/m101/s1. The number of nitrogens with two attached hydrogens (primary N) is 5. The summed E-state index contributed by atoms with van der Waals surface area (Å²) in [5, 5.41) is 55.6. The monoisotopic (exact) mass is 2000 g/mol. The Labute approximate surface area is 742 Å². The van der Waals surface area contributed by atoms with Crippen LogP contribution in [0, 0.1) is 0 Å². The minimum Gasteiger partial charge on any atom is -0.397 e. The first kappa shape index (κ1) is 92.6. The van der Waals surface area contributed by atoms with Crippen molar-refractivity contribution >= 4 is 153 Å². The van der Waals surface area contributed by atoms with Crippen molar-refractivity contribution in [2.24, 2.45) is 0 Å². The van der Waals surface area contributed by atoms with Gasteiger partial charge in [-0.3, -0.25) is 102 Å².